The lowest BCUT2D eigenvalue weighted by Gasteiger charge is -2.11. The summed E-state index contributed by atoms with van der Waals surface area (Å²) in [5, 5.41) is 7.92. The summed E-state index contributed by atoms with van der Waals surface area (Å²) in [6.07, 6.45) is 0.739. The number of carbonyl (C=O) groups is 1. The molecule has 11 heteroatoms. The van der Waals surface area contributed by atoms with Crippen molar-refractivity contribution in [2.45, 2.75) is 39.7 Å². The Balaban J connectivity index is 1.68. The summed E-state index contributed by atoms with van der Waals surface area (Å²) >= 11 is 1.52. The van der Waals surface area contributed by atoms with Crippen molar-refractivity contribution >= 4 is 43.4 Å². The van der Waals surface area contributed by atoms with Crippen LogP contribution in [0.2, 0.25) is 0 Å². The predicted octanol–water partition coefficient (Wildman–Crippen LogP) is 1.68. The number of hydrogen-bond acceptors (Lipinski definition) is 6. The van der Waals surface area contributed by atoms with Crippen LogP contribution in [0.15, 0.2) is 57.2 Å². The average molecular weight is 456 g/mol. The highest BCUT2D eigenvalue weighted by Crippen LogP contribution is 2.36. The zero-order valence-corrected chi connectivity index (χ0v) is 18.0. The van der Waals surface area contributed by atoms with Crippen molar-refractivity contribution in [3.63, 3.8) is 0 Å². The number of amides is 1. The Morgan fingerprint density at radius 1 is 1.10 bits per heavy atom. The van der Waals surface area contributed by atoms with E-state index in [1.807, 2.05) is 6.92 Å². The van der Waals surface area contributed by atoms with Crippen LogP contribution in [-0.2, 0) is 31.3 Å². The van der Waals surface area contributed by atoms with Crippen LogP contribution in [0.3, 0.4) is 0 Å². The lowest BCUT2D eigenvalue weighted by molar-refractivity contribution is -0.116. The number of primary sulfonamides is 1. The molecule has 0 fully saturated rings. The molecule has 0 saturated heterocycles. The molecule has 156 valence electrons. The van der Waals surface area contributed by atoms with Gasteiger partial charge in [0.25, 0.3) is 0 Å². The van der Waals surface area contributed by atoms with Crippen molar-refractivity contribution in [1.82, 2.24) is 4.72 Å². The van der Waals surface area contributed by atoms with E-state index in [1.165, 1.54) is 36.0 Å². The van der Waals surface area contributed by atoms with Gasteiger partial charge >= 0.3 is 0 Å². The molecular weight excluding hydrogens is 434 g/mol. The summed E-state index contributed by atoms with van der Waals surface area (Å²) in [4.78, 5) is 12.8. The maximum Gasteiger partial charge on any atom is 0.240 e. The number of hydrogen-bond donors (Lipinski definition) is 3. The Kier molecular flexibility index (Phi) is 6.34. The molecule has 0 aromatic heterocycles. The summed E-state index contributed by atoms with van der Waals surface area (Å²) in [7, 11) is -7.52. The maximum absolute atomic E-state index is 12.6. The van der Waals surface area contributed by atoms with Crippen molar-refractivity contribution < 1.29 is 21.6 Å². The first kappa shape index (κ1) is 21.8. The number of rotatable bonds is 6. The third-order valence-corrected chi connectivity index (χ3v) is 7.86. The van der Waals surface area contributed by atoms with E-state index in [-0.39, 0.29) is 27.5 Å². The quantitative estimate of drug-likeness (QED) is 0.606. The fourth-order valence-corrected chi connectivity index (χ4v) is 5.48. The van der Waals surface area contributed by atoms with Crippen molar-refractivity contribution in [3.8, 4) is 0 Å². The number of nitrogens with two attached hydrogens (primary N) is 1. The van der Waals surface area contributed by atoms with E-state index >= 15 is 0 Å². The lowest BCUT2D eigenvalue weighted by Crippen LogP contribution is -2.26. The Morgan fingerprint density at radius 2 is 1.76 bits per heavy atom. The third kappa shape index (κ3) is 5.58. The molecule has 1 amide bonds. The fourth-order valence-electron chi connectivity index (χ4n) is 2.86. The number of benzene rings is 2. The SMILES string of the molecule is CC1CC(=O)Nc2cc(S(=O)(=O)NCCc3ccc(S(N)(=O)=O)cc3)ccc2S1. The highest BCUT2D eigenvalue weighted by Gasteiger charge is 2.22. The van der Waals surface area contributed by atoms with Gasteiger partial charge in [-0.3, -0.25) is 4.79 Å². The standard InChI is InChI=1S/C18H21N3O5S3/c1-12-10-18(22)21-16-11-15(6-7-17(16)27-12)29(25,26)20-9-8-13-2-4-14(5-3-13)28(19,23)24/h2-7,11-12,20H,8-10H2,1H3,(H,21,22)(H2,19,23,24). The van der Waals surface area contributed by atoms with E-state index in [0.29, 0.717) is 18.5 Å². The van der Waals surface area contributed by atoms with Gasteiger partial charge in [-0.2, -0.15) is 0 Å². The van der Waals surface area contributed by atoms with E-state index in [0.717, 1.165) is 10.5 Å². The summed E-state index contributed by atoms with van der Waals surface area (Å²) in [5.74, 6) is -0.144. The monoisotopic (exact) mass is 455 g/mol. The molecule has 0 saturated carbocycles. The lowest BCUT2D eigenvalue weighted by atomic mass is 10.2. The van der Waals surface area contributed by atoms with Crippen molar-refractivity contribution in [2.75, 3.05) is 11.9 Å². The molecule has 0 spiro atoms. The highest BCUT2D eigenvalue weighted by molar-refractivity contribution is 8.00. The molecule has 1 unspecified atom stereocenters. The van der Waals surface area contributed by atoms with Crippen LogP contribution in [-0.4, -0.2) is 34.5 Å². The topological polar surface area (TPSA) is 135 Å². The number of anilines is 1. The van der Waals surface area contributed by atoms with Crippen LogP contribution in [0.25, 0.3) is 0 Å². The van der Waals surface area contributed by atoms with E-state index in [1.54, 1.807) is 18.2 Å². The van der Waals surface area contributed by atoms with Crippen molar-refractivity contribution in [3.05, 3.63) is 48.0 Å². The van der Waals surface area contributed by atoms with E-state index in [2.05, 4.69) is 10.0 Å². The molecular formula is C18H21N3O5S3. The average Bonchev–Trinajstić information content (AvgIpc) is 2.76. The van der Waals surface area contributed by atoms with Crippen LogP contribution in [0.1, 0.15) is 18.9 Å². The zero-order valence-electron chi connectivity index (χ0n) is 15.6. The predicted molar refractivity (Wildman–Crippen MR) is 112 cm³/mol. The molecule has 4 N–H and O–H groups in total. The van der Waals surface area contributed by atoms with Gasteiger partial charge in [-0.1, -0.05) is 19.1 Å². The Hall–Kier alpha value is -1.92. The minimum absolute atomic E-state index is 0.000966. The first-order chi connectivity index (χ1) is 13.5. The molecule has 0 radical (unpaired) electrons. The second-order valence-corrected chi connectivity index (χ2v) is 11.5. The molecule has 1 aliphatic heterocycles. The van der Waals surface area contributed by atoms with Gasteiger partial charge in [0.1, 0.15) is 0 Å². The summed E-state index contributed by atoms with van der Waals surface area (Å²) in [5.41, 5.74) is 1.26. The largest absolute Gasteiger partial charge is 0.325 e. The van der Waals surface area contributed by atoms with Crippen LogP contribution in [0.5, 0.6) is 0 Å². The van der Waals surface area contributed by atoms with Crippen LogP contribution in [0.4, 0.5) is 5.69 Å². The van der Waals surface area contributed by atoms with Crippen LogP contribution in [0, 0.1) is 0 Å². The van der Waals surface area contributed by atoms with Crippen molar-refractivity contribution in [1.29, 1.82) is 0 Å². The zero-order chi connectivity index (χ0) is 21.2. The number of sulfonamides is 2. The van der Waals surface area contributed by atoms with Gasteiger partial charge in [0, 0.05) is 23.1 Å². The number of fused-ring (bicyclic) bond motifs is 1. The Morgan fingerprint density at radius 3 is 2.41 bits per heavy atom. The van der Waals surface area contributed by atoms with Gasteiger partial charge < -0.3 is 5.32 Å². The molecule has 1 aliphatic rings. The van der Waals surface area contributed by atoms with Crippen molar-refractivity contribution in [2.24, 2.45) is 5.14 Å². The molecule has 0 aliphatic carbocycles. The van der Waals surface area contributed by atoms with Gasteiger partial charge in [0.15, 0.2) is 0 Å². The van der Waals surface area contributed by atoms with Gasteiger partial charge in [0.05, 0.1) is 15.5 Å². The molecule has 0 bridgehead atoms. The minimum atomic E-state index is -3.76. The molecule has 8 nitrogen and oxygen atoms in total. The maximum atomic E-state index is 12.6. The number of thioether (sulfide) groups is 1. The first-order valence-corrected chi connectivity index (χ1v) is 12.7. The van der Waals surface area contributed by atoms with Crippen LogP contribution >= 0.6 is 11.8 Å². The molecule has 2 aromatic rings. The summed E-state index contributed by atoms with van der Waals surface area (Å²) in [6.45, 7) is 2.08. The summed E-state index contributed by atoms with van der Waals surface area (Å²) < 4.78 is 50.3. The first-order valence-electron chi connectivity index (χ1n) is 8.76. The number of carbonyl (C=O) groups excluding carboxylic acids is 1. The summed E-state index contributed by atoms with van der Waals surface area (Å²) in [6, 6.07) is 10.6. The van der Waals surface area contributed by atoms with Gasteiger partial charge in [-0.25, -0.2) is 26.7 Å². The normalized spacial score (nSPS) is 17.3. The van der Waals surface area contributed by atoms with Gasteiger partial charge in [0.2, 0.25) is 26.0 Å². The molecule has 3 rings (SSSR count). The molecule has 1 heterocycles. The second-order valence-electron chi connectivity index (χ2n) is 6.68. The second kappa shape index (κ2) is 8.44. The Bertz CT molecular complexity index is 1130. The molecule has 29 heavy (non-hydrogen) atoms. The highest BCUT2D eigenvalue weighted by atomic mass is 32.2. The number of nitrogens with one attached hydrogen (secondary N) is 2. The Labute approximate surface area is 174 Å². The van der Waals surface area contributed by atoms with Gasteiger partial charge in [-0.15, -0.1) is 11.8 Å². The smallest absolute Gasteiger partial charge is 0.240 e. The van der Waals surface area contributed by atoms with Crippen LogP contribution < -0.4 is 15.2 Å². The third-order valence-electron chi connectivity index (χ3n) is 4.29. The van der Waals surface area contributed by atoms with E-state index < -0.39 is 20.0 Å². The minimum Gasteiger partial charge on any atom is -0.325 e. The van der Waals surface area contributed by atoms with E-state index in [9.17, 15) is 21.6 Å². The van der Waals surface area contributed by atoms with E-state index in [4.69, 9.17) is 5.14 Å². The fraction of sp³-hybridized carbons (Fsp3) is 0.278. The molecule has 1 atom stereocenters. The van der Waals surface area contributed by atoms with Gasteiger partial charge in [-0.05, 0) is 42.3 Å². The molecule has 2 aromatic carbocycles.